The number of carbonyl (C=O) groups is 3. The lowest BCUT2D eigenvalue weighted by atomic mass is 9.98. The summed E-state index contributed by atoms with van der Waals surface area (Å²) < 4.78 is 5.45. The van der Waals surface area contributed by atoms with E-state index in [1.165, 1.54) is 0 Å². The Kier molecular flexibility index (Phi) is 7.25. The lowest BCUT2D eigenvalue weighted by Crippen LogP contribution is -2.47. The maximum Gasteiger partial charge on any atom is 0.407 e. The first-order valence-corrected chi connectivity index (χ1v) is 10.2. The number of amides is 2. The Balaban J connectivity index is 1.54. The fraction of sp³-hybridized carbons (Fsp3) is 0.348. The summed E-state index contributed by atoms with van der Waals surface area (Å²) in [5.74, 6) is -1.89. The molecule has 0 saturated heterocycles. The van der Waals surface area contributed by atoms with Crippen LogP contribution < -0.4 is 10.6 Å². The molecule has 0 heterocycles. The highest BCUT2D eigenvalue weighted by molar-refractivity contribution is 5.85. The zero-order valence-electron chi connectivity index (χ0n) is 17.2. The van der Waals surface area contributed by atoms with Gasteiger partial charge in [-0.3, -0.25) is 4.79 Å². The summed E-state index contributed by atoms with van der Waals surface area (Å²) in [5, 5.41) is 23.0. The molecule has 2 aromatic rings. The molecule has 0 aliphatic heterocycles. The van der Waals surface area contributed by atoms with Gasteiger partial charge in [0.2, 0.25) is 5.91 Å². The van der Waals surface area contributed by atoms with E-state index in [1.54, 1.807) is 6.92 Å². The number of aliphatic hydroxyl groups excluding tert-OH is 1. The first-order valence-electron chi connectivity index (χ1n) is 10.2. The molecule has 2 aromatic carbocycles. The fourth-order valence-corrected chi connectivity index (χ4v) is 3.71. The van der Waals surface area contributed by atoms with Gasteiger partial charge in [-0.2, -0.15) is 0 Å². The summed E-state index contributed by atoms with van der Waals surface area (Å²) in [7, 11) is 0. The molecule has 1 aliphatic rings. The normalized spacial score (nSPS) is 14.1. The number of carboxylic acids is 1. The molecule has 1 unspecified atom stereocenters. The van der Waals surface area contributed by atoms with Gasteiger partial charge in [0, 0.05) is 18.9 Å². The van der Waals surface area contributed by atoms with Gasteiger partial charge in [0.1, 0.15) is 12.6 Å². The van der Waals surface area contributed by atoms with Crippen molar-refractivity contribution >= 4 is 18.0 Å². The predicted molar refractivity (Wildman–Crippen MR) is 114 cm³/mol. The first kappa shape index (κ1) is 22.3. The molecule has 8 nitrogen and oxygen atoms in total. The van der Waals surface area contributed by atoms with Gasteiger partial charge in [0.25, 0.3) is 0 Å². The Morgan fingerprint density at radius 2 is 1.61 bits per heavy atom. The minimum atomic E-state index is -1.55. The van der Waals surface area contributed by atoms with E-state index in [0.717, 1.165) is 22.3 Å². The number of hydrogen-bond donors (Lipinski definition) is 4. The van der Waals surface area contributed by atoms with Crippen LogP contribution in [-0.4, -0.2) is 53.5 Å². The van der Waals surface area contributed by atoms with Crippen LogP contribution in [0, 0.1) is 0 Å². The van der Waals surface area contributed by atoms with Gasteiger partial charge >= 0.3 is 12.1 Å². The maximum atomic E-state index is 12.3. The number of ether oxygens (including phenoxy) is 1. The van der Waals surface area contributed by atoms with Gasteiger partial charge in [-0.1, -0.05) is 55.5 Å². The second-order valence-corrected chi connectivity index (χ2v) is 7.36. The molecule has 1 aliphatic carbocycles. The van der Waals surface area contributed by atoms with Crippen molar-refractivity contribution in [3.05, 3.63) is 59.7 Å². The topological polar surface area (TPSA) is 125 Å². The Hall–Kier alpha value is -3.39. The van der Waals surface area contributed by atoms with E-state index < -0.39 is 30.1 Å². The number of fused-ring (bicyclic) bond motifs is 3. The Morgan fingerprint density at radius 1 is 1.03 bits per heavy atom. The van der Waals surface area contributed by atoms with Gasteiger partial charge in [0.15, 0.2) is 6.10 Å². The standard InChI is InChI=1S/C23H26N2O6/c1-2-19(21(27)24-12-11-20(26)22(28)29)25-23(30)31-13-18-16-9-5-3-7-14(16)15-8-4-6-10-17(15)18/h3-10,18-20,26H,2,11-13H2,1H3,(H,24,27)(H,25,30)(H,28,29)/t19-,20?/m1/s1. The number of aliphatic hydroxyl groups is 1. The van der Waals surface area contributed by atoms with Crippen molar-refractivity contribution in [3.8, 4) is 11.1 Å². The van der Waals surface area contributed by atoms with Crippen LogP contribution in [0.2, 0.25) is 0 Å². The SMILES string of the molecule is CC[C@@H](NC(=O)OCC1c2ccccc2-c2ccccc21)C(=O)NCCC(O)C(=O)O. The van der Waals surface area contributed by atoms with Crippen LogP contribution in [0.4, 0.5) is 4.79 Å². The van der Waals surface area contributed by atoms with E-state index in [9.17, 15) is 19.5 Å². The lowest BCUT2D eigenvalue weighted by molar-refractivity contribution is -0.147. The largest absolute Gasteiger partial charge is 0.479 e. The smallest absolute Gasteiger partial charge is 0.407 e. The average Bonchev–Trinajstić information content (AvgIpc) is 3.09. The van der Waals surface area contributed by atoms with Gasteiger partial charge in [-0.15, -0.1) is 0 Å². The van der Waals surface area contributed by atoms with Crippen molar-refractivity contribution in [2.24, 2.45) is 0 Å². The minimum absolute atomic E-state index is 0.0187. The number of benzene rings is 2. The van der Waals surface area contributed by atoms with Crippen molar-refractivity contribution < 1.29 is 29.3 Å². The summed E-state index contributed by atoms with van der Waals surface area (Å²) in [6.07, 6.45) is -2.04. The number of hydrogen-bond acceptors (Lipinski definition) is 5. The number of nitrogens with one attached hydrogen (secondary N) is 2. The molecule has 0 aromatic heterocycles. The summed E-state index contributed by atoms with van der Waals surface area (Å²) in [4.78, 5) is 35.2. The van der Waals surface area contributed by atoms with Crippen LogP contribution in [0.5, 0.6) is 0 Å². The average molecular weight is 426 g/mol. The highest BCUT2D eigenvalue weighted by Crippen LogP contribution is 2.44. The first-order chi connectivity index (χ1) is 14.9. The molecule has 0 bridgehead atoms. The molecule has 0 radical (unpaired) electrons. The second-order valence-electron chi connectivity index (χ2n) is 7.36. The van der Waals surface area contributed by atoms with E-state index in [1.807, 2.05) is 48.5 Å². The van der Waals surface area contributed by atoms with Crippen LogP contribution in [0.1, 0.15) is 36.8 Å². The molecular formula is C23H26N2O6. The molecule has 4 N–H and O–H groups in total. The Labute approximate surface area is 180 Å². The number of aliphatic carboxylic acids is 1. The van der Waals surface area contributed by atoms with Crippen LogP contribution in [0.25, 0.3) is 11.1 Å². The second kappa shape index (κ2) is 10.1. The van der Waals surface area contributed by atoms with Gasteiger partial charge in [0.05, 0.1) is 0 Å². The fourth-order valence-electron chi connectivity index (χ4n) is 3.71. The van der Waals surface area contributed by atoms with Gasteiger partial charge in [-0.05, 0) is 28.7 Å². The van der Waals surface area contributed by atoms with Crippen molar-refractivity contribution in [3.63, 3.8) is 0 Å². The van der Waals surface area contributed by atoms with Crippen molar-refractivity contribution in [1.29, 1.82) is 0 Å². The van der Waals surface area contributed by atoms with E-state index in [-0.39, 0.29) is 25.5 Å². The zero-order chi connectivity index (χ0) is 22.4. The van der Waals surface area contributed by atoms with E-state index in [4.69, 9.17) is 9.84 Å². The molecule has 2 atom stereocenters. The Bertz CT molecular complexity index is 915. The molecular weight excluding hydrogens is 400 g/mol. The van der Waals surface area contributed by atoms with Crippen LogP contribution in [-0.2, 0) is 14.3 Å². The summed E-state index contributed by atoms with van der Waals surface area (Å²) >= 11 is 0. The minimum Gasteiger partial charge on any atom is -0.479 e. The quantitative estimate of drug-likeness (QED) is 0.487. The highest BCUT2D eigenvalue weighted by atomic mass is 16.5. The van der Waals surface area contributed by atoms with Gasteiger partial charge < -0.3 is 25.6 Å². The molecule has 2 amide bonds. The van der Waals surface area contributed by atoms with Crippen molar-refractivity contribution in [2.45, 2.75) is 37.8 Å². The van der Waals surface area contributed by atoms with Crippen LogP contribution in [0.15, 0.2) is 48.5 Å². The van der Waals surface area contributed by atoms with E-state index in [0.29, 0.717) is 6.42 Å². The summed E-state index contributed by atoms with van der Waals surface area (Å²) in [6.45, 7) is 1.86. The third kappa shape index (κ3) is 5.21. The van der Waals surface area contributed by atoms with Crippen molar-refractivity contribution in [2.75, 3.05) is 13.2 Å². The van der Waals surface area contributed by atoms with Crippen molar-refractivity contribution in [1.82, 2.24) is 10.6 Å². The Morgan fingerprint density at radius 3 is 2.16 bits per heavy atom. The highest BCUT2D eigenvalue weighted by Gasteiger charge is 2.29. The lowest BCUT2D eigenvalue weighted by Gasteiger charge is -2.19. The number of rotatable bonds is 9. The zero-order valence-corrected chi connectivity index (χ0v) is 17.2. The van der Waals surface area contributed by atoms with Crippen LogP contribution >= 0.6 is 0 Å². The number of carbonyl (C=O) groups excluding carboxylic acids is 2. The number of carboxylic acid groups (broad SMARTS) is 1. The molecule has 0 fully saturated rings. The summed E-state index contributed by atoms with van der Waals surface area (Å²) in [5.41, 5.74) is 4.44. The molecule has 0 spiro atoms. The molecule has 31 heavy (non-hydrogen) atoms. The van der Waals surface area contributed by atoms with Crippen LogP contribution in [0.3, 0.4) is 0 Å². The molecule has 0 saturated carbocycles. The summed E-state index contributed by atoms with van der Waals surface area (Å²) in [6, 6.07) is 15.2. The molecule has 3 rings (SSSR count). The predicted octanol–water partition coefficient (Wildman–Crippen LogP) is 2.26. The molecule has 164 valence electrons. The van der Waals surface area contributed by atoms with E-state index in [2.05, 4.69) is 10.6 Å². The maximum absolute atomic E-state index is 12.3. The monoisotopic (exact) mass is 426 g/mol. The van der Waals surface area contributed by atoms with Gasteiger partial charge in [-0.25, -0.2) is 9.59 Å². The number of alkyl carbamates (subject to hydrolysis) is 1. The molecule has 8 heteroatoms. The third-order valence-electron chi connectivity index (χ3n) is 5.36. The van der Waals surface area contributed by atoms with E-state index >= 15 is 0 Å². The third-order valence-corrected chi connectivity index (χ3v) is 5.36.